The van der Waals surface area contributed by atoms with Crippen molar-refractivity contribution in [3.63, 3.8) is 0 Å². The Labute approximate surface area is 67.2 Å². The summed E-state index contributed by atoms with van der Waals surface area (Å²) in [5.41, 5.74) is 6.70. The van der Waals surface area contributed by atoms with E-state index in [9.17, 15) is 0 Å². The van der Waals surface area contributed by atoms with Crippen LogP contribution in [0.5, 0.6) is 0 Å². The Kier molecular flexibility index (Phi) is 3.11. The van der Waals surface area contributed by atoms with Crippen molar-refractivity contribution < 1.29 is 0 Å². The first-order chi connectivity index (χ1) is 5.38. The normalized spacial score (nSPS) is 10.4. The van der Waals surface area contributed by atoms with E-state index in [1.54, 1.807) is 0 Å². The Hall–Kier alpha value is -0.830. The zero-order valence-electron chi connectivity index (χ0n) is 6.95. The number of imidazole rings is 1. The summed E-state index contributed by atoms with van der Waals surface area (Å²) in [6, 6.07) is 0. The number of rotatable bonds is 4. The standard InChI is InChI=1S/C8H15N3/c1-2-11-7-10-6-8(11)4-3-5-9/h6-7H,2-5,9H2,1H3. The van der Waals surface area contributed by atoms with Gasteiger partial charge in [-0.25, -0.2) is 4.98 Å². The Morgan fingerprint density at radius 3 is 3.09 bits per heavy atom. The first kappa shape index (κ1) is 8.27. The SMILES string of the molecule is CCn1cncc1CCCN. The molecule has 0 aliphatic rings. The highest BCUT2D eigenvalue weighted by atomic mass is 15.0. The fourth-order valence-corrected chi connectivity index (χ4v) is 1.12. The van der Waals surface area contributed by atoms with Crippen LogP contribution in [-0.4, -0.2) is 16.1 Å². The summed E-state index contributed by atoms with van der Waals surface area (Å²) in [6.45, 7) is 3.88. The Morgan fingerprint density at radius 2 is 2.45 bits per heavy atom. The molecule has 11 heavy (non-hydrogen) atoms. The van der Waals surface area contributed by atoms with E-state index in [2.05, 4.69) is 16.5 Å². The molecule has 0 spiro atoms. The summed E-state index contributed by atoms with van der Waals surface area (Å²) in [4.78, 5) is 4.07. The lowest BCUT2D eigenvalue weighted by Gasteiger charge is -2.02. The van der Waals surface area contributed by atoms with Crippen LogP contribution in [0, 0.1) is 0 Å². The number of hydrogen-bond acceptors (Lipinski definition) is 2. The van der Waals surface area contributed by atoms with Gasteiger partial charge in [-0.1, -0.05) is 0 Å². The van der Waals surface area contributed by atoms with Crippen LogP contribution in [0.25, 0.3) is 0 Å². The third-order valence-electron chi connectivity index (χ3n) is 1.78. The molecule has 0 saturated heterocycles. The van der Waals surface area contributed by atoms with Crippen LogP contribution in [0.4, 0.5) is 0 Å². The molecule has 0 atom stereocenters. The molecule has 0 bridgehead atoms. The molecule has 62 valence electrons. The second-order valence-corrected chi connectivity index (χ2v) is 2.56. The molecule has 0 aliphatic carbocycles. The maximum Gasteiger partial charge on any atom is 0.0948 e. The van der Waals surface area contributed by atoms with Gasteiger partial charge in [-0.05, 0) is 26.3 Å². The Morgan fingerprint density at radius 1 is 1.64 bits per heavy atom. The van der Waals surface area contributed by atoms with Gasteiger partial charge in [0.1, 0.15) is 0 Å². The summed E-state index contributed by atoms with van der Waals surface area (Å²) >= 11 is 0. The van der Waals surface area contributed by atoms with Crippen molar-refractivity contribution in [3.05, 3.63) is 18.2 Å². The molecule has 0 fully saturated rings. The average molecular weight is 153 g/mol. The van der Waals surface area contributed by atoms with Crippen molar-refractivity contribution >= 4 is 0 Å². The highest BCUT2D eigenvalue weighted by Crippen LogP contribution is 2.01. The van der Waals surface area contributed by atoms with E-state index in [1.165, 1.54) is 5.69 Å². The minimum Gasteiger partial charge on any atom is -0.335 e. The third-order valence-corrected chi connectivity index (χ3v) is 1.78. The van der Waals surface area contributed by atoms with E-state index in [1.807, 2.05) is 12.5 Å². The second kappa shape index (κ2) is 4.13. The van der Waals surface area contributed by atoms with Crippen molar-refractivity contribution in [1.82, 2.24) is 9.55 Å². The number of hydrogen-bond donors (Lipinski definition) is 1. The van der Waals surface area contributed by atoms with Crippen LogP contribution in [0.1, 0.15) is 19.0 Å². The highest BCUT2D eigenvalue weighted by Gasteiger charge is 1.97. The summed E-state index contributed by atoms with van der Waals surface area (Å²) in [7, 11) is 0. The van der Waals surface area contributed by atoms with Gasteiger partial charge < -0.3 is 10.3 Å². The van der Waals surface area contributed by atoms with Crippen LogP contribution in [0.3, 0.4) is 0 Å². The molecular formula is C8H15N3. The highest BCUT2D eigenvalue weighted by molar-refractivity contribution is 4.98. The molecule has 0 unspecified atom stereocenters. The van der Waals surface area contributed by atoms with E-state index in [-0.39, 0.29) is 0 Å². The van der Waals surface area contributed by atoms with Gasteiger partial charge in [0.2, 0.25) is 0 Å². The minimum absolute atomic E-state index is 0.759. The molecule has 0 aromatic carbocycles. The third kappa shape index (κ3) is 2.05. The van der Waals surface area contributed by atoms with Crippen molar-refractivity contribution in [2.75, 3.05) is 6.54 Å². The van der Waals surface area contributed by atoms with Crippen LogP contribution in [0.2, 0.25) is 0 Å². The van der Waals surface area contributed by atoms with Gasteiger partial charge in [0.15, 0.2) is 0 Å². The molecule has 1 aromatic heterocycles. The molecule has 0 aliphatic heterocycles. The Bertz CT molecular complexity index is 205. The van der Waals surface area contributed by atoms with Crippen molar-refractivity contribution in [2.45, 2.75) is 26.3 Å². The first-order valence-electron chi connectivity index (χ1n) is 4.07. The second-order valence-electron chi connectivity index (χ2n) is 2.56. The molecule has 0 radical (unpaired) electrons. The van der Waals surface area contributed by atoms with Crippen LogP contribution in [0.15, 0.2) is 12.5 Å². The van der Waals surface area contributed by atoms with Gasteiger partial charge in [-0.3, -0.25) is 0 Å². The van der Waals surface area contributed by atoms with Gasteiger partial charge >= 0.3 is 0 Å². The van der Waals surface area contributed by atoms with Gasteiger partial charge in [0.25, 0.3) is 0 Å². The maximum atomic E-state index is 5.41. The van der Waals surface area contributed by atoms with Crippen molar-refractivity contribution in [3.8, 4) is 0 Å². The number of nitrogens with two attached hydrogens (primary N) is 1. The van der Waals surface area contributed by atoms with E-state index in [4.69, 9.17) is 5.73 Å². The van der Waals surface area contributed by atoms with Gasteiger partial charge in [0.05, 0.1) is 6.33 Å². The quantitative estimate of drug-likeness (QED) is 0.695. The van der Waals surface area contributed by atoms with Crippen molar-refractivity contribution in [1.29, 1.82) is 0 Å². The molecule has 2 N–H and O–H groups in total. The largest absolute Gasteiger partial charge is 0.335 e. The lowest BCUT2D eigenvalue weighted by molar-refractivity contribution is 0.687. The van der Waals surface area contributed by atoms with Gasteiger partial charge in [0, 0.05) is 18.4 Å². The predicted octanol–water partition coefficient (Wildman–Crippen LogP) is 0.794. The fourth-order valence-electron chi connectivity index (χ4n) is 1.12. The van der Waals surface area contributed by atoms with E-state index in [0.29, 0.717) is 0 Å². The van der Waals surface area contributed by atoms with E-state index >= 15 is 0 Å². The minimum atomic E-state index is 0.759. The predicted molar refractivity (Wildman–Crippen MR) is 45.3 cm³/mol. The number of nitrogens with zero attached hydrogens (tertiary/aromatic N) is 2. The zero-order valence-corrected chi connectivity index (χ0v) is 6.95. The monoisotopic (exact) mass is 153 g/mol. The Balaban J connectivity index is 2.54. The summed E-state index contributed by atoms with van der Waals surface area (Å²) < 4.78 is 2.15. The summed E-state index contributed by atoms with van der Waals surface area (Å²) in [6.07, 6.45) is 5.88. The molecule has 0 amide bonds. The fraction of sp³-hybridized carbons (Fsp3) is 0.625. The van der Waals surface area contributed by atoms with E-state index < -0.39 is 0 Å². The number of aromatic nitrogens is 2. The molecular weight excluding hydrogens is 138 g/mol. The van der Waals surface area contributed by atoms with Crippen LogP contribution >= 0.6 is 0 Å². The lowest BCUT2D eigenvalue weighted by Crippen LogP contribution is -2.04. The summed E-state index contributed by atoms with van der Waals surface area (Å²) in [5, 5.41) is 0. The smallest absolute Gasteiger partial charge is 0.0948 e. The molecule has 1 heterocycles. The zero-order chi connectivity index (χ0) is 8.10. The van der Waals surface area contributed by atoms with Crippen LogP contribution in [-0.2, 0) is 13.0 Å². The van der Waals surface area contributed by atoms with Gasteiger partial charge in [-0.15, -0.1) is 0 Å². The lowest BCUT2D eigenvalue weighted by atomic mass is 10.2. The molecule has 3 heteroatoms. The van der Waals surface area contributed by atoms with Crippen molar-refractivity contribution in [2.24, 2.45) is 5.73 Å². The number of aryl methyl sites for hydroxylation is 2. The van der Waals surface area contributed by atoms with Crippen LogP contribution < -0.4 is 5.73 Å². The van der Waals surface area contributed by atoms with E-state index in [0.717, 1.165) is 25.9 Å². The molecule has 1 aromatic rings. The molecule has 0 saturated carbocycles. The topological polar surface area (TPSA) is 43.8 Å². The summed E-state index contributed by atoms with van der Waals surface area (Å²) in [5.74, 6) is 0. The first-order valence-corrected chi connectivity index (χ1v) is 4.07. The molecule has 1 rings (SSSR count). The maximum absolute atomic E-state index is 5.41. The average Bonchev–Trinajstić information content (AvgIpc) is 2.47. The molecule has 3 nitrogen and oxygen atoms in total. The van der Waals surface area contributed by atoms with Gasteiger partial charge in [-0.2, -0.15) is 0 Å².